The second-order valence-electron chi connectivity index (χ2n) is 12.5. The number of nitrogens with zero attached hydrogens (tertiary/aromatic N) is 4. The van der Waals surface area contributed by atoms with Crippen LogP contribution in [-0.2, 0) is 0 Å². The van der Waals surface area contributed by atoms with Gasteiger partial charge in [-0.2, -0.15) is 5.26 Å². The van der Waals surface area contributed by atoms with Crippen LogP contribution in [-0.4, -0.2) is 9.13 Å². The van der Waals surface area contributed by atoms with Crippen LogP contribution in [0.25, 0.3) is 82.1 Å². The highest BCUT2D eigenvalue weighted by Crippen LogP contribution is 2.43. The Labute approximate surface area is 283 Å². The van der Waals surface area contributed by atoms with E-state index in [0.29, 0.717) is 11.3 Å². The van der Waals surface area contributed by atoms with Gasteiger partial charge in [-0.15, -0.1) is 0 Å². The maximum atomic E-state index is 10.5. The third kappa shape index (κ3) is 4.43. The van der Waals surface area contributed by atoms with Crippen molar-refractivity contribution in [3.05, 3.63) is 174 Å². The molecule has 0 atom stereocenters. The standard InChI is InChI=1S/C45H28N4/c1-29-19-21-42-38(23-29)36-13-6-8-16-40(36)48(42)34-25-30(28-46)24-32(26-34)45-35(31-11-4-3-5-12-31)15-10-18-44(45)49-41-17-9-7-14-37(41)39-27-33(47-2)20-22-43(39)49/h3-27H,1H3. The molecule has 9 aromatic rings. The summed E-state index contributed by atoms with van der Waals surface area (Å²) in [4.78, 5) is 3.74. The number of aryl methyl sites for hydroxylation is 1. The number of hydrogen-bond donors (Lipinski definition) is 0. The van der Waals surface area contributed by atoms with E-state index in [1.807, 2.05) is 36.4 Å². The topological polar surface area (TPSA) is 38.0 Å². The van der Waals surface area contributed by atoms with Gasteiger partial charge < -0.3 is 9.13 Å². The van der Waals surface area contributed by atoms with Crippen LogP contribution in [0, 0.1) is 24.8 Å². The van der Waals surface area contributed by atoms with Crippen molar-refractivity contribution in [2.75, 3.05) is 0 Å². The van der Waals surface area contributed by atoms with Crippen molar-refractivity contribution in [1.82, 2.24) is 9.13 Å². The lowest BCUT2D eigenvalue weighted by atomic mass is 9.91. The average Bonchev–Trinajstić information content (AvgIpc) is 3.66. The van der Waals surface area contributed by atoms with Crippen molar-refractivity contribution < 1.29 is 0 Å². The number of fused-ring (bicyclic) bond motifs is 6. The smallest absolute Gasteiger partial charge is 0.188 e. The van der Waals surface area contributed by atoms with Crippen LogP contribution in [0.5, 0.6) is 0 Å². The van der Waals surface area contributed by atoms with Gasteiger partial charge in [-0.1, -0.05) is 96.6 Å². The monoisotopic (exact) mass is 624 g/mol. The van der Waals surface area contributed by atoms with Crippen LogP contribution < -0.4 is 0 Å². The molecule has 0 amide bonds. The lowest BCUT2D eigenvalue weighted by molar-refractivity contribution is 1.17. The van der Waals surface area contributed by atoms with E-state index in [9.17, 15) is 5.26 Å². The maximum absolute atomic E-state index is 10.5. The highest BCUT2D eigenvalue weighted by atomic mass is 15.0. The molecular formula is C45H28N4. The summed E-state index contributed by atoms with van der Waals surface area (Å²) in [6.07, 6.45) is 0. The minimum atomic E-state index is 0.586. The highest BCUT2D eigenvalue weighted by molar-refractivity contribution is 6.12. The Bertz CT molecular complexity index is 2860. The molecule has 0 aliphatic heterocycles. The van der Waals surface area contributed by atoms with Crippen molar-refractivity contribution in [2.45, 2.75) is 6.92 Å². The van der Waals surface area contributed by atoms with Gasteiger partial charge in [0.05, 0.1) is 46.0 Å². The number of para-hydroxylation sites is 2. The molecule has 2 aromatic heterocycles. The van der Waals surface area contributed by atoms with Gasteiger partial charge in [-0.25, -0.2) is 4.85 Å². The Morgan fingerprint density at radius 1 is 0.551 bits per heavy atom. The molecule has 4 nitrogen and oxygen atoms in total. The second kappa shape index (κ2) is 11.1. The molecule has 0 fully saturated rings. The second-order valence-corrected chi connectivity index (χ2v) is 12.5. The third-order valence-electron chi connectivity index (χ3n) is 9.58. The van der Waals surface area contributed by atoms with Crippen LogP contribution in [0.2, 0.25) is 0 Å². The van der Waals surface area contributed by atoms with Gasteiger partial charge in [0, 0.05) is 27.4 Å². The van der Waals surface area contributed by atoms with Gasteiger partial charge in [-0.05, 0) is 89.7 Å². The first kappa shape index (κ1) is 28.4. The van der Waals surface area contributed by atoms with Gasteiger partial charge in [0.15, 0.2) is 5.69 Å². The van der Waals surface area contributed by atoms with E-state index in [1.165, 1.54) is 16.3 Å². The molecule has 0 aliphatic rings. The Balaban J connectivity index is 1.40. The van der Waals surface area contributed by atoms with Crippen LogP contribution >= 0.6 is 0 Å². The molecule has 0 saturated carbocycles. The van der Waals surface area contributed by atoms with E-state index >= 15 is 0 Å². The van der Waals surface area contributed by atoms with E-state index in [0.717, 1.165) is 66.5 Å². The quantitative estimate of drug-likeness (QED) is 0.180. The average molecular weight is 625 g/mol. The Morgan fingerprint density at radius 2 is 1.20 bits per heavy atom. The molecular weight excluding hydrogens is 597 g/mol. The van der Waals surface area contributed by atoms with E-state index in [4.69, 9.17) is 6.57 Å². The molecule has 4 heteroatoms. The first-order valence-corrected chi connectivity index (χ1v) is 16.3. The lowest BCUT2D eigenvalue weighted by Gasteiger charge is -2.20. The zero-order valence-corrected chi connectivity index (χ0v) is 26.7. The summed E-state index contributed by atoms with van der Waals surface area (Å²) < 4.78 is 4.59. The number of nitriles is 1. The van der Waals surface area contributed by atoms with Crippen molar-refractivity contribution in [2.24, 2.45) is 0 Å². The summed E-state index contributed by atoms with van der Waals surface area (Å²) in [5.41, 5.74) is 12.8. The van der Waals surface area contributed by atoms with Crippen LogP contribution in [0.15, 0.2) is 152 Å². The van der Waals surface area contributed by atoms with E-state index in [2.05, 4.69) is 142 Å². The fourth-order valence-corrected chi connectivity index (χ4v) is 7.49. The summed E-state index contributed by atoms with van der Waals surface area (Å²) >= 11 is 0. The molecule has 0 saturated heterocycles. The summed E-state index contributed by atoms with van der Waals surface area (Å²) in [6, 6.07) is 55.0. The fourth-order valence-electron chi connectivity index (χ4n) is 7.49. The van der Waals surface area contributed by atoms with E-state index < -0.39 is 0 Å². The molecule has 2 heterocycles. The Morgan fingerprint density at radius 3 is 1.96 bits per heavy atom. The molecule has 7 aromatic carbocycles. The SMILES string of the molecule is [C-]#[N+]c1ccc2c(c1)c1ccccc1n2-c1cccc(-c2ccccc2)c1-c1cc(C#N)cc(-n2c3ccccc3c3cc(C)ccc32)c1. The van der Waals surface area contributed by atoms with Gasteiger partial charge in [0.1, 0.15) is 0 Å². The van der Waals surface area contributed by atoms with E-state index in [-0.39, 0.29) is 0 Å². The molecule has 0 bridgehead atoms. The van der Waals surface area contributed by atoms with Crippen molar-refractivity contribution in [3.63, 3.8) is 0 Å². The molecule has 0 N–H and O–H groups in total. The zero-order chi connectivity index (χ0) is 33.1. The normalized spacial score (nSPS) is 11.3. The summed E-state index contributed by atoms with van der Waals surface area (Å²) in [5.74, 6) is 0. The van der Waals surface area contributed by atoms with E-state index in [1.54, 1.807) is 0 Å². The predicted octanol–water partition coefficient (Wildman–Crippen LogP) is 11.9. The molecule has 0 aliphatic carbocycles. The van der Waals surface area contributed by atoms with Crippen LogP contribution in [0.1, 0.15) is 11.1 Å². The van der Waals surface area contributed by atoms with Gasteiger partial charge in [0.2, 0.25) is 0 Å². The number of rotatable bonds is 4. The first-order valence-electron chi connectivity index (χ1n) is 16.3. The minimum Gasteiger partial charge on any atom is -0.309 e. The number of benzene rings is 7. The minimum absolute atomic E-state index is 0.586. The number of hydrogen-bond acceptors (Lipinski definition) is 1. The molecule has 49 heavy (non-hydrogen) atoms. The summed E-state index contributed by atoms with van der Waals surface area (Å²) in [7, 11) is 0. The fraction of sp³-hybridized carbons (Fsp3) is 0.0222. The Hall–Kier alpha value is -6.88. The maximum Gasteiger partial charge on any atom is 0.188 e. The van der Waals surface area contributed by atoms with Gasteiger partial charge in [0.25, 0.3) is 0 Å². The molecule has 0 spiro atoms. The van der Waals surface area contributed by atoms with Crippen molar-refractivity contribution in [3.8, 4) is 39.7 Å². The largest absolute Gasteiger partial charge is 0.309 e. The molecule has 0 unspecified atom stereocenters. The summed E-state index contributed by atoms with van der Waals surface area (Å²) in [6.45, 7) is 9.81. The summed E-state index contributed by atoms with van der Waals surface area (Å²) in [5, 5.41) is 15.0. The molecule has 9 rings (SSSR count). The predicted molar refractivity (Wildman–Crippen MR) is 202 cm³/mol. The van der Waals surface area contributed by atoms with Crippen molar-refractivity contribution >= 4 is 49.3 Å². The molecule has 0 radical (unpaired) electrons. The first-order chi connectivity index (χ1) is 24.1. The zero-order valence-electron chi connectivity index (χ0n) is 26.7. The third-order valence-corrected chi connectivity index (χ3v) is 9.58. The van der Waals surface area contributed by atoms with Gasteiger partial charge >= 0.3 is 0 Å². The van der Waals surface area contributed by atoms with Crippen LogP contribution in [0.4, 0.5) is 5.69 Å². The highest BCUT2D eigenvalue weighted by Gasteiger charge is 2.21. The number of aromatic nitrogens is 2. The van der Waals surface area contributed by atoms with Gasteiger partial charge in [-0.3, -0.25) is 0 Å². The van der Waals surface area contributed by atoms with Crippen LogP contribution in [0.3, 0.4) is 0 Å². The molecule has 228 valence electrons. The van der Waals surface area contributed by atoms with Crippen molar-refractivity contribution in [1.29, 1.82) is 5.26 Å². The Kier molecular flexibility index (Phi) is 6.44. The lowest BCUT2D eigenvalue weighted by Crippen LogP contribution is -2.01.